The Morgan fingerprint density at radius 3 is 2.59 bits per heavy atom. The molecule has 34 heavy (non-hydrogen) atoms. The summed E-state index contributed by atoms with van der Waals surface area (Å²) in [4.78, 5) is 39.3. The van der Waals surface area contributed by atoms with E-state index < -0.39 is 0 Å². The number of rotatable bonds is 9. The molecule has 0 aliphatic carbocycles. The number of nitrogens with zero attached hydrogens (tertiary/aromatic N) is 2. The van der Waals surface area contributed by atoms with Crippen LogP contribution in [-0.2, 0) is 22.6 Å². The third-order valence-electron chi connectivity index (χ3n) is 6.31. The van der Waals surface area contributed by atoms with E-state index in [1.165, 1.54) is 11.6 Å². The fourth-order valence-corrected chi connectivity index (χ4v) is 4.89. The molecule has 1 aliphatic rings. The minimum Gasteiger partial charge on any atom is -0.348 e. The van der Waals surface area contributed by atoms with Crippen molar-refractivity contribution in [3.05, 3.63) is 82.5 Å². The van der Waals surface area contributed by atoms with Gasteiger partial charge in [0.1, 0.15) is 6.54 Å². The van der Waals surface area contributed by atoms with Crippen LogP contribution < -0.4 is 5.32 Å². The van der Waals surface area contributed by atoms with Crippen LogP contribution in [0.4, 0.5) is 0 Å². The zero-order valence-corrected chi connectivity index (χ0v) is 20.8. The number of Topliss-reactive ketones (excluding diaryl/α,β-unsaturated/α-hetero) is 1. The molecule has 0 bridgehead atoms. The summed E-state index contributed by atoms with van der Waals surface area (Å²) in [5, 5.41) is 3.84. The summed E-state index contributed by atoms with van der Waals surface area (Å²) in [5.74, 6) is -0.172. The molecule has 0 atom stereocenters. The van der Waals surface area contributed by atoms with Crippen LogP contribution >= 0.6 is 15.9 Å². The molecule has 1 aromatic heterocycles. The van der Waals surface area contributed by atoms with Gasteiger partial charge in [-0.1, -0.05) is 52.8 Å². The summed E-state index contributed by atoms with van der Waals surface area (Å²) in [7, 11) is 0. The normalized spacial score (nSPS) is 13.5. The standard InChI is InChI=1S/C27H28BrN3O3/c1-3-26(34)30-15-21(16-30)29-25(33)17-31-18(2)27(22-14-20(28)12-13-23(22)31)24(32)11-7-10-19-8-5-4-6-9-19/h3-6,8-9,12-14,21H,1,7,10-11,15-17H2,2H3,(H,29,33). The number of ketones is 1. The molecule has 0 unspecified atom stereocenters. The maximum Gasteiger partial charge on any atom is 0.246 e. The molecule has 2 amide bonds. The van der Waals surface area contributed by atoms with Crippen LogP contribution in [0.3, 0.4) is 0 Å². The topological polar surface area (TPSA) is 71.4 Å². The highest BCUT2D eigenvalue weighted by Crippen LogP contribution is 2.30. The Labute approximate surface area is 207 Å². The summed E-state index contributed by atoms with van der Waals surface area (Å²) >= 11 is 3.52. The van der Waals surface area contributed by atoms with Crippen molar-refractivity contribution >= 4 is 44.4 Å². The van der Waals surface area contributed by atoms with E-state index in [0.717, 1.165) is 33.9 Å². The van der Waals surface area contributed by atoms with E-state index in [0.29, 0.717) is 25.1 Å². The highest BCUT2D eigenvalue weighted by molar-refractivity contribution is 9.10. The first-order chi connectivity index (χ1) is 16.4. The fourth-order valence-electron chi connectivity index (χ4n) is 4.53. The Kier molecular flexibility index (Phi) is 7.32. The number of amides is 2. The molecule has 2 heterocycles. The molecule has 0 saturated carbocycles. The summed E-state index contributed by atoms with van der Waals surface area (Å²) in [5.41, 5.74) is 3.56. The molecule has 1 N–H and O–H groups in total. The summed E-state index contributed by atoms with van der Waals surface area (Å²) in [6.45, 7) is 6.48. The lowest BCUT2D eigenvalue weighted by Crippen LogP contribution is -2.61. The molecule has 4 rings (SSSR count). The molecular weight excluding hydrogens is 494 g/mol. The Morgan fingerprint density at radius 1 is 1.15 bits per heavy atom. The highest BCUT2D eigenvalue weighted by Gasteiger charge is 2.30. The van der Waals surface area contributed by atoms with Gasteiger partial charge < -0.3 is 14.8 Å². The molecule has 1 aliphatic heterocycles. The average Bonchev–Trinajstić information content (AvgIpc) is 3.06. The number of aromatic nitrogens is 1. The molecule has 176 valence electrons. The van der Waals surface area contributed by atoms with Crippen molar-refractivity contribution in [3.63, 3.8) is 0 Å². The summed E-state index contributed by atoms with van der Waals surface area (Å²) < 4.78 is 2.80. The lowest BCUT2D eigenvalue weighted by molar-refractivity contribution is -0.133. The second kappa shape index (κ2) is 10.4. The van der Waals surface area contributed by atoms with Gasteiger partial charge in [-0.15, -0.1) is 0 Å². The van der Waals surface area contributed by atoms with Crippen molar-refractivity contribution in [2.45, 2.75) is 38.8 Å². The van der Waals surface area contributed by atoms with Gasteiger partial charge in [0, 0.05) is 46.1 Å². The van der Waals surface area contributed by atoms with E-state index in [2.05, 4.69) is 40.0 Å². The molecule has 0 radical (unpaired) electrons. The van der Waals surface area contributed by atoms with Gasteiger partial charge in [-0.25, -0.2) is 0 Å². The van der Waals surface area contributed by atoms with Crippen molar-refractivity contribution in [1.82, 2.24) is 14.8 Å². The quantitative estimate of drug-likeness (QED) is 0.334. The van der Waals surface area contributed by atoms with Gasteiger partial charge >= 0.3 is 0 Å². The van der Waals surface area contributed by atoms with E-state index in [-0.39, 0.29) is 30.2 Å². The molecule has 1 fully saturated rings. The van der Waals surface area contributed by atoms with E-state index in [1.54, 1.807) is 4.90 Å². The number of hydrogen-bond donors (Lipinski definition) is 1. The number of benzene rings is 2. The second-order valence-electron chi connectivity index (χ2n) is 8.68. The summed E-state index contributed by atoms with van der Waals surface area (Å²) in [6.07, 6.45) is 3.35. The molecule has 3 aromatic rings. The summed E-state index contributed by atoms with van der Waals surface area (Å²) in [6, 6.07) is 15.9. The van der Waals surface area contributed by atoms with Gasteiger partial charge in [-0.3, -0.25) is 14.4 Å². The maximum absolute atomic E-state index is 13.3. The molecule has 6 nitrogen and oxygen atoms in total. The van der Waals surface area contributed by atoms with E-state index in [1.807, 2.05) is 47.9 Å². The van der Waals surface area contributed by atoms with E-state index in [9.17, 15) is 14.4 Å². The van der Waals surface area contributed by atoms with E-state index in [4.69, 9.17) is 0 Å². The Morgan fingerprint density at radius 2 is 1.88 bits per heavy atom. The molecular formula is C27H28BrN3O3. The van der Waals surface area contributed by atoms with Crippen molar-refractivity contribution < 1.29 is 14.4 Å². The first-order valence-corrected chi connectivity index (χ1v) is 12.2. The van der Waals surface area contributed by atoms with Crippen LogP contribution in [0.15, 0.2) is 65.7 Å². The first-order valence-electron chi connectivity index (χ1n) is 11.4. The van der Waals surface area contributed by atoms with Gasteiger partial charge in [0.25, 0.3) is 0 Å². The van der Waals surface area contributed by atoms with E-state index >= 15 is 0 Å². The van der Waals surface area contributed by atoms with Crippen LogP contribution in [0.1, 0.15) is 34.5 Å². The third kappa shape index (κ3) is 5.14. The Hall–Kier alpha value is -3.19. The van der Waals surface area contributed by atoms with Crippen LogP contribution in [0.25, 0.3) is 10.9 Å². The molecule has 0 spiro atoms. The third-order valence-corrected chi connectivity index (χ3v) is 6.80. The monoisotopic (exact) mass is 521 g/mol. The lowest BCUT2D eigenvalue weighted by Gasteiger charge is -2.38. The van der Waals surface area contributed by atoms with Crippen LogP contribution in [0.5, 0.6) is 0 Å². The molecule has 7 heteroatoms. The highest BCUT2D eigenvalue weighted by atomic mass is 79.9. The van der Waals surface area contributed by atoms with Crippen molar-refractivity contribution in [2.24, 2.45) is 0 Å². The maximum atomic E-state index is 13.3. The van der Waals surface area contributed by atoms with Crippen molar-refractivity contribution in [3.8, 4) is 0 Å². The van der Waals surface area contributed by atoms with Gasteiger partial charge in [-0.05, 0) is 49.6 Å². The fraction of sp³-hybridized carbons (Fsp3) is 0.296. The van der Waals surface area contributed by atoms with Gasteiger partial charge in [0.15, 0.2) is 5.78 Å². The second-order valence-corrected chi connectivity index (χ2v) is 9.60. The number of likely N-dealkylation sites (tertiary alicyclic amines) is 1. The average molecular weight is 522 g/mol. The number of fused-ring (bicyclic) bond motifs is 1. The minimum absolute atomic E-state index is 0.0632. The Bertz CT molecular complexity index is 1240. The predicted molar refractivity (Wildman–Crippen MR) is 137 cm³/mol. The Balaban J connectivity index is 1.48. The van der Waals surface area contributed by atoms with Gasteiger partial charge in [0.2, 0.25) is 11.8 Å². The lowest BCUT2D eigenvalue weighted by atomic mass is 10.0. The number of hydrogen-bond acceptors (Lipinski definition) is 3. The zero-order chi connectivity index (χ0) is 24.2. The molecule has 1 saturated heterocycles. The SMILES string of the molecule is C=CC(=O)N1CC(NC(=O)Cn2c(C)c(C(=O)CCCc3ccccc3)c3cc(Br)ccc32)C1. The van der Waals surface area contributed by atoms with Crippen LogP contribution in [0.2, 0.25) is 0 Å². The van der Waals surface area contributed by atoms with Gasteiger partial charge in [0.05, 0.1) is 6.04 Å². The molecule has 2 aromatic carbocycles. The smallest absolute Gasteiger partial charge is 0.246 e. The van der Waals surface area contributed by atoms with Gasteiger partial charge in [-0.2, -0.15) is 0 Å². The van der Waals surface area contributed by atoms with Crippen molar-refractivity contribution in [2.75, 3.05) is 13.1 Å². The number of aryl methyl sites for hydroxylation is 1. The zero-order valence-electron chi connectivity index (χ0n) is 19.2. The number of carbonyl (C=O) groups excluding carboxylic acids is 3. The predicted octanol–water partition coefficient (Wildman–Crippen LogP) is 4.43. The van der Waals surface area contributed by atoms with Crippen molar-refractivity contribution in [1.29, 1.82) is 0 Å². The first kappa shape index (κ1) is 24.0. The minimum atomic E-state index is -0.137. The number of carbonyl (C=O) groups is 3. The number of halogens is 1. The number of nitrogens with one attached hydrogen (secondary N) is 1. The van der Waals surface area contributed by atoms with Crippen LogP contribution in [-0.4, -0.2) is 46.2 Å². The van der Waals surface area contributed by atoms with Crippen LogP contribution in [0, 0.1) is 6.92 Å². The largest absolute Gasteiger partial charge is 0.348 e.